The zero-order valence-corrected chi connectivity index (χ0v) is 10.4. The number of Topliss-reactive ketones (excluding diaryl/α,β-unsaturated/α-hetero) is 2. The Labute approximate surface area is 107 Å². The molecule has 0 aliphatic carbocycles. The molecule has 0 aliphatic heterocycles. The summed E-state index contributed by atoms with van der Waals surface area (Å²) in [6, 6.07) is 5.04. The van der Waals surface area contributed by atoms with Gasteiger partial charge in [0, 0.05) is 5.56 Å². The lowest BCUT2D eigenvalue weighted by Crippen LogP contribution is -2.10. The fraction of sp³-hybridized carbons (Fsp3) is 0.167. The summed E-state index contributed by atoms with van der Waals surface area (Å²) >= 11 is 1.13. The first kappa shape index (κ1) is 12.4. The van der Waals surface area contributed by atoms with Crippen molar-refractivity contribution >= 4 is 39.0 Å². The Morgan fingerprint density at radius 2 is 2.06 bits per heavy atom. The van der Waals surface area contributed by atoms with Gasteiger partial charge in [0.15, 0.2) is 10.8 Å². The highest BCUT2D eigenvalue weighted by molar-refractivity contribution is 7.20. The highest BCUT2D eigenvalue weighted by Crippen LogP contribution is 2.25. The zero-order valence-electron chi connectivity index (χ0n) is 9.60. The van der Waals surface area contributed by atoms with Crippen LogP contribution in [-0.4, -0.2) is 22.5 Å². The molecule has 0 saturated carbocycles. The van der Waals surface area contributed by atoms with Crippen LogP contribution in [0.1, 0.15) is 33.5 Å². The number of carbonyl (C=O) groups excluding carboxylic acids is 3. The number of amides is 1. The van der Waals surface area contributed by atoms with Crippen molar-refractivity contribution in [2.45, 2.75) is 13.3 Å². The molecule has 0 spiro atoms. The van der Waals surface area contributed by atoms with Crippen molar-refractivity contribution in [1.29, 1.82) is 0 Å². The second-order valence-corrected chi connectivity index (χ2v) is 4.87. The van der Waals surface area contributed by atoms with Crippen LogP contribution in [0.5, 0.6) is 0 Å². The third-order valence-corrected chi connectivity index (χ3v) is 3.37. The average molecular weight is 262 g/mol. The molecule has 0 radical (unpaired) electrons. The fourth-order valence-corrected chi connectivity index (χ4v) is 2.44. The Balaban J connectivity index is 2.54. The molecule has 1 aromatic heterocycles. The number of benzene rings is 1. The van der Waals surface area contributed by atoms with Gasteiger partial charge in [-0.15, -0.1) is 11.3 Å². The number of rotatable bonds is 4. The summed E-state index contributed by atoms with van der Waals surface area (Å²) in [5, 5.41) is 0.160. The topological polar surface area (TPSA) is 90.1 Å². The summed E-state index contributed by atoms with van der Waals surface area (Å²) in [4.78, 5) is 38.0. The van der Waals surface area contributed by atoms with Crippen LogP contribution in [0.4, 0.5) is 0 Å². The Morgan fingerprint density at radius 1 is 1.33 bits per heavy atom. The molecule has 2 N–H and O–H groups in total. The van der Waals surface area contributed by atoms with Gasteiger partial charge in [-0.25, -0.2) is 4.98 Å². The highest BCUT2D eigenvalue weighted by atomic mass is 32.1. The summed E-state index contributed by atoms with van der Waals surface area (Å²) in [7, 11) is 0. The number of hydrogen-bond acceptors (Lipinski definition) is 5. The zero-order chi connectivity index (χ0) is 13.3. The molecule has 6 heteroatoms. The van der Waals surface area contributed by atoms with E-state index in [1.54, 1.807) is 18.2 Å². The predicted octanol–water partition coefficient (Wildman–Crippen LogP) is 1.56. The average Bonchev–Trinajstić information content (AvgIpc) is 2.71. The monoisotopic (exact) mass is 262 g/mol. The Kier molecular flexibility index (Phi) is 3.20. The SMILES string of the molecule is CC(=O)CC(=O)c1cccc2sc(C(N)=O)nc12. The molecular formula is C12H10N2O3S. The third kappa shape index (κ3) is 2.28. The first-order valence-electron chi connectivity index (χ1n) is 5.21. The lowest BCUT2D eigenvalue weighted by atomic mass is 10.1. The third-order valence-electron chi connectivity index (χ3n) is 2.34. The maximum Gasteiger partial charge on any atom is 0.277 e. The number of para-hydroxylation sites is 1. The number of nitrogens with two attached hydrogens (primary N) is 1. The minimum atomic E-state index is -0.624. The largest absolute Gasteiger partial charge is 0.364 e. The van der Waals surface area contributed by atoms with Crippen LogP contribution in [0.15, 0.2) is 18.2 Å². The van der Waals surface area contributed by atoms with E-state index in [4.69, 9.17) is 5.73 Å². The maximum absolute atomic E-state index is 11.9. The first-order chi connectivity index (χ1) is 8.49. The van der Waals surface area contributed by atoms with Crippen LogP contribution in [0.3, 0.4) is 0 Å². The molecule has 5 nitrogen and oxygen atoms in total. The fourth-order valence-electron chi connectivity index (χ4n) is 1.60. The van der Waals surface area contributed by atoms with Crippen molar-refractivity contribution in [2.24, 2.45) is 5.73 Å². The first-order valence-corrected chi connectivity index (χ1v) is 6.02. The summed E-state index contributed by atoms with van der Waals surface area (Å²) in [5.41, 5.74) is 5.94. The molecule has 1 amide bonds. The molecule has 0 atom stereocenters. The van der Waals surface area contributed by atoms with E-state index in [9.17, 15) is 14.4 Å². The number of hydrogen-bond donors (Lipinski definition) is 1. The molecular weight excluding hydrogens is 252 g/mol. The molecule has 2 rings (SSSR count). The number of aromatic nitrogens is 1. The molecule has 92 valence electrons. The van der Waals surface area contributed by atoms with E-state index in [0.29, 0.717) is 15.8 Å². The van der Waals surface area contributed by atoms with Gasteiger partial charge < -0.3 is 5.73 Å². The molecule has 0 aliphatic rings. The molecule has 0 unspecified atom stereocenters. The normalized spacial score (nSPS) is 10.5. The van der Waals surface area contributed by atoms with Gasteiger partial charge in [-0.3, -0.25) is 14.4 Å². The van der Waals surface area contributed by atoms with E-state index in [-0.39, 0.29) is 23.0 Å². The van der Waals surface area contributed by atoms with Crippen LogP contribution in [0, 0.1) is 0 Å². The van der Waals surface area contributed by atoms with Gasteiger partial charge >= 0.3 is 0 Å². The minimum absolute atomic E-state index is 0.160. The quantitative estimate of drug-likeness (QED) is 0.668. The van der Waals surface area contributed by atoms with Gasteiger partial charge in [-0.05, 0) is 19.1 Å². The van der Waals surface area contributed by atoms with Crippen molar-refractivity contribution in [3.8, 4) is 0 Å². The molecule has 1 aromatic carbocycles. The molecule has 1 heterocycles. The van der Waals surface area contributed by atoms with Gasteiger partial charge in [0.25, 0.3) is 5.91 Å². The van der Waals surface area contributed by atoms with Gasteiger partial charge in [0.1, 0.15) is 5.78 Å². The number of ketones is 2. The summed E-state index contributed by atoms with van der Waals surface area (Å²) in [6.45, 7) is 1.36. The smallest absolute Gasteiger partial charge is 0.277 e. The standard InChI is InChI=1S/C12H10N2O3S/c1-6(15)5-8(16)7-3-2-4-9-10(7)14-12(18-9)11(13)17/h2-4H,5H2,1H3,(H2,13,17). The Morgan fingerprint density at radius 3 is 2.67 bits per heavy atom. The van der Waals surface area contributed by atoms with E-state index >= 15 is 0 Å². The van der Waals surface area contributed by atoms with E-state index in [0.717, 1.165) is 11.3 Å². The lowest BCUT2D eigenvalue weighted by Gasteiger charge is -1.99. The van der Waals surface area contributed by atoms with Crippen LogP contribution in [0.2, 0.25) is 0 Å². The summed E-state index contributed by atoms with van der Waals surface area (Å²) in [6.07, 6.45) is -0.164. The number of carbonyl (C=O) groups is 3. The highest BCUT2D eigenvalue weighted by Gasteiger charge is 2.16. The van der Waals surface area contributed by atoms with Crippen LogP contribution in [-0.2, 0) is 4.79 Å². The van der Waals surface area contributed by atoms with E-state index in [2.05, 4.69) is 4.98 Å². The second-order valence-electron chi connectivity index (χ2n) is 3.84. The molecule has 18 heavy (non-hydrogen) atoms. The summed E-state index contributed by atoms with van der Waals surface area (Å²) < 4.78 is 0.707. The number of thiazole rings is 1. The van der Waals surface area contributed by atoms with Gasteiger partial charge in [0.05, 0.1) is 16.6 Å². The Hall–Kier alpha value is -2.08. The van der Waals surface area contributed by atoms with Crippen molar-refractivity contribution < 1.29 is 14.4 Å². The lowest BCUT2D eigenvalue weighted by molar-refractivity contribution is -0.116. The number of primary amides is 1. The van der Waals surface area contributed by atoms with Crippen LogP contribution in [0.25, 0.3) is 10.2 Å². The summed E-state index contributed by atoms with van der Waals surface area (Å²) in [5.74, 6) is -1.13. The van der Waals surface area contributed by atoms with Gasteiger partial charge in [0.2, 0.25) is 0 Å². The van der Waals surface area contributed by atoms with E-state index in [1.807, 2.05) is 0 Å². The van der Waals surface area contributed by atoms with Gasteiger partial charge in [-0.2, -0.15) is 0 Å². The van der Waals surface area contributed by atoms with Gasteiger partial charge in [-0.1, -0.05) is 6.07 Å². The second kappa shape index (κ2) is 4.66. The molecule has 0 saturated heterocycles. The van der Waals surface area contributed by atoms with Crippen LogP contribution >= 0.6 is 11.3 Å². The van der Waals surface area contributed by atoms with Crippen molar-refractivity contribution in [3.05, 3.63) is 28.8 Å². The molecule has 2 aromatic rings. The molecule has 0 fully saturated rings. The minimum Gasteiger partial charge on any atom is -0.364 e. The number of fused-ring (bicyclic) bond motifs is 1. The molecule has 0 bridgehead atoms. The Bertz CT molecular complexity index is 660. The van der Waals surface area contributed by atoms with E-state index in [1.165, 1.54) is 6.92 Å². The van der Waals surface area contributed by atoms with Crippen molar-refractivity contribution in [3.63, 3.8) is 0 Å². The van der Waals surface area contributed by atoms with E-state index < -0.39 is 5.91 Å². The predicted molar refractivity (Wildman–Crippen MR) is 67.8 cm³/mol. The van der Waals surface area contributed by atoms with Crippen molar-refractivity contribution in [2.75, 3.05) is 0 Å². The maximum atomic E-state index is 11.9. The van der Waals surface area contributed by atoms with Crippen molar-refractivity contribution in [1.82, 2.24) is 4.98 Å². The van der Waals surface area contributed by atoms with Crippen LogP contribution < -0.4 is 5.73 Å². The number of nitrogens with zero attached hydrogens (tertiary/aromatic N) is 1.